The number of nitrogens with zero attached hydrogens (tertiary/aromatic N) is 1. The molecule has 2 heteroatoms. The molecule has 0 amide bonds. The summed E-state index contributed by atoms with van der Waals surface area (Å²) in [5.74, 6) is 1.91. The van der Waals surface area contributed by atoms with Gasteiger partial charge in [-0.3, -0.25) is 0 Å². The van der Waals surface area contributed by atoms with Crippen molar-refractivity contribution in [3.63, 3.8) is 0 Å². The van der Waals surface area contributed by atoms with Crippen LogP contribution in [-0.2, 0) is 4.74 Å². The molecule has 0 atom stereocenters. The van der Waals surface area contributed by atoms with Crippen LogP contribution in [-0.4, -0.2) is 24.4 Å². The van der Waals surface area contributed by atoms with Gasteiger partial charge in [-0.1, -0.05) is 47.6 Å². The molecule has 1 aliphatic carbocycles. The molecule has 0 aromatic carbocycles. The Kier molecular flexibility index (Phi) is 5.41. The summed E-state index contributed by atoms with van der Waals surface area (Å²) in [6.45, 7) is 13.3. The summed E-state index contributed by atoms with van der Waals surface area (Å²) in [5.41, 5.74) is 3.74. The van der Waals surface area contributed by atoms with E-state index in [1.54, 1.807) is 0 Å². The Morgan fingerprint density at radius 1 is 0.800 bits per heavy atom. The van der Waals surface area contributed by atoms with Gasteiger partial charge in [-0.25, -0.2) is 4.58 Å². The van der Waals surface area contributed by atoms with Crippen molar-refractivity contribution in [3.8, 4) is 0 Å². The number of hydrogen-bond acceptors (Lipinski definition) is 1. The summed E-state index contributed by atoms with van der Waals surface area (Å²) in [6.07, 6.45) is 17.0. The Bertz CT molecular complexity index is 729. The van der Waals surface area contributed by atoms with Crippen LogP contribution in [0.1, 0.15) is 41.5 Å². The molecule has 0 radical (unpaired) electrons. The van der Waals surface area contributed by atoms with E-state index in [2.05, 4.69) is 109 Å². The highest BCUT2D eigenvalue weighted by Gasteiger charge is 2.27. The van der Waals surface area contributed by atoms with Crippen LogP contribution in [0.25, 0.3) is 0 Å². The fraction of sp³-hybridized carbons (Fsp3) is 0.435. The minimum absolute atomic E-state index is 0.0167. The highest BCUT2D eigenvalue weighted by atomic mass is 16.5. The molecule has 0 aromatic heterocycles. The summed E-state index contributed by atoms with van der Waals surface area (Å²) < 4.78 is 8.27. The molecule has 2 aliphatic rings. The second-order valence-electron chi connectivity index (χ2n) is 8.93. The van der Waals surface area contributed by atoms with E-state index in [-0.39, 0.29) is 10.8 Å². The summed E-state index contributed by atoms with van der Waals surface area (Å²) in [4.78, 5) is 0. The Balaban J connectivity index is 2.32. The third kappa shape index (κ3) is 5.19. The molecule has 0 bridgehead atoms. The summed E-state index contributed by atoms with van der Waals surface area (Å²) >= 11 is 0. The predicted molar refractivity (Wildman–Crippen MR) is 108 cm³/mol. The van der Waals surface area contributed by atoms with Gasteiger partial charge in [0.05, 0.1) is 0 Å². The lowest BCUT2D eigenvalue weighted by Crippen LogP contribution is -2.18. The molecular formula is C23H32NO+. The number of ether oxygens (including phenoxy) is 1. The lowest BCUT2D eigenvalue weighted by molar-refractivity contribution is -0.462. The van der Waals surface area contributed by atoms with Gasteiger partial charge in [0.15, 0.2) is 5.71 Å². The molecule has 0 unspecified atom stereocenters. The van der Waals surface area contributed by atoms with Gasteiger partial charge in [0.25, 0.3) is 0 Å². The van der Waals surface area contributed by atoms with Crippen LogP contribution in [0.3, 0.4) is 0 Å². The summed E-state index contributed by atoms with van der Waals surface area (Å²) in [5, 5.41) is 0. The monoisotopic (exact) mass is 338 g/mol. The zero-order chi connectivity index (χ0) is 18.8. The molecule has 0 fully saturated rings. The van der Waals surface area contributed by atoms with Crippen LogP contribution < -0.4 is 0 Å². The first-order valence-corrected chi connectivity index (χ1v) is 8.91. The van der Waals surface area contributed by atoms with Crippen LogP contribution in [0.4, 0.5) is 0 Å². The first-order valence-electron chi connectivity index (χ1n) is 8.91. The fourth-order valence-corrected chi connectivity index (χ4v) is 2.47. The zero-order valence-electron chi connectivity index (χ0n) is 17.0. The SMILES string of the molecule is C[N+](C)=C1C=CC(=CC=C2C=C(C(C)(C)C)C=C(C(C)(C)C)O2)C=C1. The van der Waals surface area contributed by atoms with E-state index in [1.165, 1.54) is 16.9 Å². The highest BCUT2D eigenvalue weighted by molar-refractivity contribution is 6.02. The topological polar surface area (TPSA) is 12.2 Å². The smallest absolute Gasteiger partial charge is 0.199 e. The second kappa shape index (κ2) is 7.03. The van der Waals surface area contributed by atoms with Crippen LogP contribution in [0.15, 0.2) is 71.3 Å². The largest absolute Gasteiger partial charge is 0.461 e. The third-order valence-electron chi connectivity index (χ3n) is 4.27. The quantitative estimate of drug-likeness (QED) is 0.569. The average Bonchev–Trinajstić information content (AvgIpc) is 2.51. The molecule has 2 nitrogen and oxygen atoms in total. The first-order chi connectivity index (χ1) is 11.5. The predicted octanol–water partition coefficient (Wildman–Crippen LogP) is 5.57. The number of rotatable bonds is 1. The first kappa shape index (κ1) is 19.2. The fourth-order valence-electron chi connectivity index (χ4n) is 2.47. The number of hydrogen-bond donors (Lipinski definition) is 0. The van der Waals surface area contributed by atoms with Crippen molar-refractivity contribution in [2.45, 2.75) is 41.5 Å². The van der Waals surface area contributed by atoms with Gasteiger partial charge in [0.2, 0.25) is 0 Å². The maximum Gasteiger partial charge on any atom is 0.199 e. The van der Waals surface area contributed by atoms with E-state index in [9.17, 15) is 0 Å². The average molecular weight is 339 g/mol. The lowest BCUT2D eigenvalue weighted by Gasteiger charge is -2.31. The van der Waals surface area contributed by atoms with Gasteiger partial charge in [-0.2, -0.15) is 0 Å². The van der Waals surface area contributed by atoms with Crippen molar-refractivity contribution in [2.24, 2.45) is 10.8 Å². The molecule has 0 aromatic rings. The van der Waals surface area contributed by atoms with Crippen molar-refractivity contribution in [1.82, 2.24) is 0 Å². The maximum atomic E-state index is 6.17. The molecule has 25 heavy (non-hydrogen) atoms. The van der Waals surface area contributed by atoms with E-state index in [0.29, 0.717) is 0 Å². The van der Waals surface area contributed by atoms with Crippen LogP contribution in [0, 0.1) is 10.8 Å². The van der Waals surface area contributed by atoms with Gasteiger partial charge < -0.3 is 4.74 Å². The third-order valence-corrected chi connectivity index (χ3v) is 4.27. The van der Waals surface area contributed by atoms with E-state index >= 15 is 0 Å². The van der Waals surface area contributed by atoms with Crippen molar-refractivity contribution >= 4 is 5.71 Å². The van der Waals surface area contributed by atoms with Crippen molar-refractivity contribution < 1.29 is 9.31 Å². The minimum Gasteiger partial charge on any atom is -0.461 e. The van der Waals surface area contributed by atoms with Crippen molar-refractivity contribution in [2.75, 3.05) is 14.1 Å². The Morgan fingerprint density at radius 3 is 1.88 bits per heavy atom. The molecular weight excluding hydrogens is 306 g/mol. The Morgan fingerprint density at radius 2 is 1.40 bits per heavy atom. The molecule has 134 valence electrons. The van der Waals surface area contributed by atoms with Gasteiger partial charge in [-0.15, -0.1) is 0 Å². The second-order valence-corrected chi connectivity index (χ2v) is 8.93. The Hall–Kier alpha value is -2.09. The zero-order valence-corrected chi connectivity index (χ0v) is 17.0. The van der Waals surface area contributed by atoms with E-state index in [1.807, 2.05) is 0 Å². The van der Waals surface area contributed by atoms with Gasteiger partial charge in [-0.05, 0) is 46.9 Å². The molecule has 0 spiro atoms. The molecule has 2 rings (SSSR count). The maximum absolute atomic E-state index is 6.17. The van der Waals surface area contributed by atoms with Gasteiger partial charge in [0.1, 0.15) is 25.6 Å². The molecule has 1 heterocycles. The Labute approximate surface area is 153 Å². The minimum atomic E-state index is -0.0167. The van der Waals surface area contributed by atoms with Gasteiger partial charge in [0, 0.05) is 17.6 Å². The van der Waals surface area contributed by atoms with Crippen LogP contribution >= 0.6 is 0 Å². The van der Waals surface area contributed by atoms with Crippen LogP contribution in [0.2, 0.25) is 0 Å². The molecule has 0 saturated heterocycles. The van der Waals surface area contributed by atoms with Crippen LogP contribution in [0.5, 0.6) is 0 Å². The molecule has 0 N–H and O–H groups in total. The lowest BCUT2D eigenvalue weighted by atomic mass is 9.82. The van der Waals surface area contributed by atoms with E-state index in [0.717, 1.165) is 11.5 Å². The number of allylic oxidation sites excluding steroid dienone is 11. The van der Waals surface area contributed by atoms with E-state index < -0.39 is 0 Å². The van der Waals surface area contributed by atoms with E-state index in [4.69, 9.17) is 4.74 Å². The standard InChI is InChI=1S/C23H32NO/c1-22(2,3)18-15-20(25-21(16-18)23(4,5)6)14-11-17-9-12-19(13-10-17)24(7)8/h9-16H,1-8H3/q+1. The normalized spacial score (nSPS) is 19.6. The molecule has 1 aliphatic heterocycles. The van der Waals surface area contributed by atoms with Crippen molar-refractivity contribution in [3.05, 3.63) is 71.3 Å². The van der Waals surface area contributed by atoms with Gasteiger partial charge >= 0.3 is 0 Å². The van der Waals surface area contributed by atoms with Crippen molar-refractivity contribution in [1.29, 1.82) is 0 Å². The molecule has 0 saturated carbocycles. The summed E-state index contributed by atoms with van der Waals surface area (Å²) in [6, 6.07) is 0. The summed E-state index contributed by atoms with van der Waals surface area (Å²) in [7, 11) is 4.10. The highest BCUT2D eigenvalue weighted by Crippen LogP contribution is 2.38.